The first-order chi connectivity index (χ1) is 17.5. The van der Waals surface area contributed by atoms with Crippen LogP contribution in [0.1, 0.15) is 110 Å². The number of aryl methyl sites for hydroxylation is 4. The van der Waals surface area contributed by atoms with Crippen molar-refractivity contribution in [2.45, 2.75) is 91.3 Å². The first kappa shape index (κ1) is 25.0. The molecule has 5 rings (SSSR count). The van der Waals surface area contributed by atoms with Gasteiger partial charge in [-0.1, -0.05) is 77.6 Å². The molecule has 4 aromatic carbocycles. The first-order valence-corrected chi connectivity index (χ1v) is 14.0. The molecule has 0 aliphatic heterocycles. The molecule has 0 spiro atoms. The lowest BCUT2D eigenvalue weighted by molar-refractivity contribution is 0.174. The summed E-state index contributed by atoms with van der Waals surface area (Å²) in [5, 5.41) is 27.7. The monoisotopic (exact) mass is 480 g/mol. The lowest BCUT2D eigenvalue weighted by atomic mass is 9.79. The third-order valence-corrected chi connectivity index (χ3v) is 7.98. The Balaban J connectivity index is 1.66. The van der Waals surface area contributed by atoms with Crippen LogP contribution in [0, 0.1) is 0 Å². The van der Waals surface area contributed by atoms with Gasteiger partial charge in [0.25, 0.3) is 0 Å². The summed E-state index contributed by atoms with van der Waals surface area (Å²) >= 11 is 0. The molecule has 0 atom stereocenters. The van der Waals surface area contributed by atoms with Crippen LogP contribution in [-0.4, -0.2) is 10.2 Å². The molecule has 1 aliphatic carbocycles. The van der Waals surface area contributed by atoms with Gasteiger partial charge in [-0.2, -0.15) is 0 Å². The molecule has 2 N–H and O–H groups in total. The zero-order valence-electron chi connectivity index (χ0n) is 22.3. The Bertz CT molecular complexity index is 1200. The Morgan fingerprint density at radius 1 is 0.417 bits per heavy atom. The van der Waals surface area contributed by atoms with Gasteiger partial charge in [0, 0.05) is 0 Å². The molecule has 0 radical (unpaired) electrons. The van der Waals surface area contributed by atoms with Crippen LogP contribution in [0.2, 0.25) is 0 Å². The smallest absolute Gasteiger partial charge is 0.105 e. The van der Waals surface area contributed by atoms with Crippen molar-refractivity contribution >= 4 is 21.5 Å². The molecule has 0 aromatic heterocycles. The maximum atomic E-state index is 11.6. The molecule has 0 heterocycles. The summed E-state index contributed by atoms with van der Waals surface area (Å²) in [6, 6.07) is 17.7. The average Bonchev–Trinajstić information content (AvgIpc) is 2.87. The van der Waals surface area contributed by atoms with Crippen molar-refractivity contribution < 1.29 is 10.2 Å². The Morgan fingerprint density at radius 2 is 0.639 bits per heavy atom. The van der Waals surface area contributed by atoms with Crippen molar-refractivity contribution in [1.82, 2.24) is 0 Å². The Labute approximate surface area is 216 Å². The van der Waals surface area contributed by atoms with Crippen molar-refractivity contribution in [1.29, 1.82) is 0 Å². The topological polar surface area (TPSA) is 40.5 Å². The van der Waals surface area contributed by atoms with Gasteiger partial charge in [-0.15, -0.1) is 0 Å². The van der Waals surface area contributed by atoms with Gasteiger partial charge in [0.2, 0.25) is 0 Å². The molecule has 0 fully saturated rings. The number of rotatable bonds is 8. The van der Waals surface area contributed by atoms with E-state index in [2.05, 4.69) is 76.2 Å². The minimum atomic E-state index is -0.734. The average molecular weight is 481 g/mol. The number of hydrogen-bond acceptors (Lipinski definition) is 2. The number of aliphatic hydroxyl groups excluding tert-OH is 2. The molecule has 2 heteroatoms. The first-order valence-electron chi connectivity index (χ1n) is 14.0. The van der Waals surface area contributed by atoms with E-state index in [1.165, 1.54) is 22.3 Å². The van der Waals surface area contributed by atoms with E-state index >= 15 is 0 Å². The highest BCUT2D eigenvalue weighted by Crippen LogP contribution is 2.44. The van der Waals surface area contributed by atoms with Crippen molar-refractivity contribution in [2.24, 2.45) is 0 Å². The molecule has 1 aliphatic rings. The van der Waals surface area contributed by atoms with Crippen molar-refractivity contribution in [2.75, 3.05) is 0 Å². The van der Waals surface area contributed by atoms with E-state index in [0.29, 0.717) is 0 Å². The molecular formula is C34H40O2. The second-order valence-corrected chi connectivity index (χ2v) is 10.7. The van der Waals surface area contributed by atoms with Gasteiger partial charge < -0.3 is 10.2 Å². The molecule has 4 aromatic rings. The molecule has 0 amide bonds. The Hall–Kier alpha value is -2.68. The molecule has 0 unspecified atom stereocenters. The normalized spacial score (nSPS) is 16.9. The highest BCUT2D eigenvalue weighted by Gasteiger charge is 2.31. The zero-order chi connectivity index (χ0) is 25.4. The van der Waals surface area contributed by atoms with Gasteiger partial charge in [0.05, 0.1) is 0 Å². The van der Waals surface area contributed by atoms with Crippen molar-refractivity contribution in [3.63, 3.8) is 0 Å². The minimum absolute atomic E-state index is 0.734. The summed E-state index contributed by atoms with van der Waals surface area (Å²) in [6.07, 6.45) is 7.30. The third kappa shape index (κ3) is 4.35. The van der Waals surface area contributed by atoms with Crippen LogP contribution in [0.15, 0.2) is 48.5 Å². The number of benzene rings is 4. The van der Waals surface area contributed by atoms with E-state index < -0.39 is 12.2 Å². The summed E-state index contributed by atoms with van der Waals surface area (Å²) in [5.74, 6) is 0. The standard InChI is InChI=1S/C34H40O2/c1-5-9-21-13-25-17-29-30(18-26(25)14-22(21)10-6-2)34(36)32-20-28-16-24(12-8-4)23(11-7-3)15-27(28)19-31(32)33(29)35/h13-20,33-36H,5-12H2,1-4H3. The largest absolute Gasteiger partial charge is 0.384 e. The Morgan fingerprint density at radius 3 is 0.833 bits per heavy atom. The van der Waals surface area contributed by atoms with Crippen molar-refractivity contribution in [3.05, 3.63) is 93.0 Å². The maximum Gasteiger partial charge on any atom is 0.105 e. The van der Waals surface area contributed by atoms with Crippen LogP contribution in [0.3, 0.4) is 0 Å². The fourth-order valence-corrected chi connectivity index (χ4v) is 6.25. The van der Waals surface area contributed by atoms with Crippen molar-refractivity contribution in [3.8, 4) is 0 Å². The predicted molar refractivity (Wildman–Crippen MR) is 152 cm³/mol. The molecule has 188 valence electrons. The second kappa shape index (κ2) is 10.4. The number of fused-ring (bicyclic) bond motifs is 4. The molecule has 0 bridgehead atoms. The SMILES string of the molecule is CCCc1cc2cc3c(cc2cc1CCC)C(O)c1cc2cc(CCC)c(CCC)cc2cc1C3O. The quantitative estimate of drug-likeness (QED) is 0.266. The Kier molecular flexibility index (Phi) is 7.19. The summed E-state index contributed by atoms with van der Waals surface area (Å²) in [7, 11) is 0. The van der Waals surface area contributed by atoms with E-state index in [4.69, 9.17) is 0 Å². The summed E-state index contributed by atoms with van der Waals surface area (Å²) in [6.45, 7) is 8.91. The molecule has 0 saturated carbocycles. The maximum absolute atomic E-state index is 11.6. The second-order valence-electron chi connectivity index (χ2n) is 10.7. The lowest BCUT2D eigenvalue weighted by Gasteiger charge is -2.30. The van der Waals surface area contributed by atoms with Crippen LogP contribution in [0.4, 0.5) is 0 Å². The number of aliphatic hydroxyl groups is 2. The fraction of sp³-hybridized carbons (Fsp3) is 0.412. The van der Waals surface area contributed by atoms with Crippen LogP contribution in [0.25, 0.3) is 21.5 Å². The molecular weight excluding hydrogens is 440 g/mol. The predicted octanol–water partition coefficient (Wildman–Crippen LogP) is 8.28. The van der Waals surface area contributed by atoms with Crippen LogP contribution in [-0.2, 0) is 25.7 Å². The van der Waals surface area contributed by atoms with Gasteiger partial charge in [0.15, 0.2) is 0 Å². The fourth-order valence-electron chi connectivity index (χ4n) is 6.25. The number of hydrogen-bond donors (Lipinski definition) is 2. The van der Waals surface area contributed by atoms with Gasteiger partial charge >= 0.3 is 0 Å². The van der Waals surface area contributed by atoms with E-state index in [9.17, 15) is 10.2 Å². The highest BCUT2D eigenvalue weighted by atomic mass is 16.3. The van der Waals surface area contributed by atoms with Crippen LogP contribution in [0.5, 0.6) is 0 Å². The third-order valence-electron chi connectivity index (χ3n) is 7.98. The van der Waals surface area contributed by atoms with Gasteiger partial charge in [-0.25, -0.2) is 0 Å². The molecule has 2 nitrogen and oxygen atoms in total. The van der Waals surface area contributed by atoms with Gasteiger partial charge in [-0.3, -0.25) is 0 Å². The molecule has 36 heavy (non-hydrogen) atoms. The summed E-state index contributed by atoms with van der Waals surface area (Å²) in [5.41, 5.74) is 9.00. The van der Waals surface area contributed by atoms with Gasteiger partial charge in [0.1, 0.15) is 12.2 Å². The van der Waals surface area contributed by atoms with Gasteiger partial charge in [-0.05, 0) is 116 Å². The zero-order valence-corrected chi connectivity index (χ0v) is 22.3. The highest BCUT2D eigenvalue weighted by molar-refractivity contribution is 5.89. The van der Waals surface area contributed by atoms with E-state index in [0.717, 1.165) is 95.2 Å². The summed E-state index contributed by atoms with van der Waals surface area (Å²) in [4.78, 5) is 0. The minimum Gasteiger partial charge on any atom is -0.384 e. The van der Waals surface area contributed by atoms with Crippen LogP contribution >= 0.6 is 0 Å². The molecule has 0 saturated heterocycles. The summed E-state index contributed by atoms with van der Waals surface area (Å²) < 4.78 is 0. The van der Waals surface area contributed by atoms with Crippen LogP contribution < -0.4 is 0 Å². The van der Waals surface area contributed by atoms with E-state index in [1.54, 1.807) is 0 Å². The van der Waals surface area contributed by atoms with E-state index in [1.807, 2.05) is 0 Å². The lowest BCUT2D eigenvalue weighted by Crippen LogP contribution is -2.18. The van der Waals surface area contributed by atoms with E-state index in [-0.39, 0.29) is 0 Å².